The van der Waals surface area contributed by atoms with Crippen LogP contribution in [0.2, 0.25) is 0 Å². The van der Waals surface area contributed by atoms with E-state index >= 15 is 0 Å². The van der Waals surface area contributed by atoms with Crippen molar-refractivity contribution in [2.24, 2.45) is 0 Å². The highest BCUT2D eigenvalue weighted by molar-refractivity contribution is 5.91. The maximum atomic E-state index is 11.7. The zero-order valence-corrected chi connectivity index (χ0v) is 10.4. The first-order valence-electron chi connectivity index (χ1n) is 5.95. The second kappa shape index (κ2) is 6.31. The third-order valence-electron chi connectivity index (χ3n) is 2.56. The number of rotatable bonds is 5. The summed E-state index contributed by atoms with van der Waals surface area (Å²) in [6.45, 7) is 6.46. The van der Waals surface area contributed by atoms with Crippen molar-refractivity contribution in [3.63, 3.8) is 0 Å². The van der Waals surface area contributed by atoms with Gasteiger partial charge in [0, 0.05) is 0 Å². The molecule has 0 unspecified atom stereocenters. The van der Waals surface area contributed by atoms with E-state index in [2.05, 4.69) is 13.0 Å². The molecule has 0 atom stereocenters. The molecule has 2 heteroatoms. The van der Waals surface area contributed by atoms with Crippen molar-refractivity contribution in [3.8, 4) is 0 Å². The molecular formula is C14H20O2. The van der Waals surface area contributed by atoms with Crippen LogP contribution in [-0.4, -0.2) is 12.6 Å². The first kappa shape index (κ1) is 12.8. The molecule has 1 aromatic carbocycles. The molecule has 2 nitrogen and oxygen atoms in total. The first-order chi connectivity index (χ1) is 7.69. The number of hydrogen-bond donors (Lipinski definition) is 0. The Kier molecular flexibility index (Phi) is 5.03. The lowest BCUT2D eigenvalue weighted by Gasteiger charge is -2.09. The third kappa shape index (κ3) is 3.37. The molecule has 0 N–H and O–H groups in total. The van der Waals surface area contributed by atoms with Gasteiger partial charge in [0.1, 0.15) is 0 Å². The summed E-state index contributed by atoms with van der Waals surface area (Å²) in [5.74, 6) is -0.200. The molecule has 0 radical (unpaired) electrons. The number of hydrogen-bond acceptors (Lipinski definition) is 2. The Morgan fingerprint density at radius 3 is 2.69 bits per heavy atom. The van der Waals surface area contributed by atoms with Crippen LogP contribution in [0.15, 0.2) is 18.2 Å². The van der Waals surface area contributed by atoms with E-state index < -0.39 is 0 Å². The molecule has 0 aliphatic carbocycles. The maximum absolute atomic E-state index is 11.7. The van der Waals surface area contributed by atoms with Gasteiger partial charge < -0.3 is 4.74 Å². The Balaban J connectivity index is 2.92. The van der Waals surface area contributed by atoms with Crippen LogP contribution < -0.4 is 0 Å². The molecule has 0 heterocycles. The van der Waals surface area contributed by atoms with Crippen molar-refractivity contribution in [2.45, 2.75) is 40.0 Å². The summed E-state index contributed by atoms with van der Waals surface area (Å²) < 4.78 is 5.05. The van der Waals surface area contributed by atoms with Gasteiger partial charge in [0.2, 0.25) is 0 Å². The molecule has 0 fully saturated rings. The molecular weight excluding hydrogens is 200 g/mol. The lowest BCUT2D eigenvalue weighted by molar-refractivity contribution is 0.0525. The van der Waals surface area contributed by atoms with E-state index in [1.807, 2.05) is 26.0 Å². The monoisotopic (exact) mass is 220 g/mol. The number of carbonyl (C=O) groups excluding carboxylic acids is 1. The summed E-state index contributed by atoms with van der Waals surface area (Å²) >= 11 is 0. The molecule has 0 bridgehead atoms. The largest absolute Gasteiger partial charge is 0.462 e. The van der Waals surface area contributed by atoms with Crippen molar-refractivity contribution >= 4 is 5.97 Å². The van der Waals surface area contributed by atoms with E-state index in [1.165, 1.54) is 5.56 Å². The van der Waals surface area contributed by atoms with Crippen LogP contribution in [0.4, 0.5) is 0 Å². The van der Waals surface area contributed by atoms with Crippen molar-refractivity contribution in [1.29, 1.82) is 0 Å². The van der Waals surface area contributed by atoms with Gasteiger partial charge in [-0.2, -0.15) is 0 Å². The van der Waals surface area contributed by atoms with E-state index in [-0.39, 0.29) is 5.97 Å². The lowest BCUT2D eigenvalue weighted by atomic mass is 10.00. The molecule has 0 aliphatic heterocycles. The Morgan fingerprint density at radius 1 is 1.31 bits per heavy atom. The molecule has 0 saturated carbocycles. The second-order valence-corrected chi connectivity index (χ2v) is 3.98. The summed E-state index contributed by atoms with van der Waals surface area (Å²) in [6.07, 6.45) is 3.19. The average molecular weight is 220 g/mol. The number of benzene rings is 1. The van der Waals surface area contributed by atoms with Gasteiger partial charge in [-0.1, -0.05) is 31.0 Å². The molecule has 1 aromatic rings. The van der Waals surface area contributed by atoms with Gasteiger partial charge in [0.25, 0.3) is 0 Å². The highest BCUT2D eigenvalue weighted by Crippen LogP contribution is 2.15. The van der Waals surface area contributed by atoms with Crippen LogP contribution in [0.5, 0.6) is 0 Å². The topological polar surface area (TPSA) is 26.3 Å². The number of ether oxygens (including phenoxy) is 1. The fourth-order valence-electron chi connectivity index (χ4n) is 1.70. The molecule has 16 heavy (non-hydrogen) atoms. The van der Waals surface area contributed by atoms with Gasteiger partial charge in [-0.25, -0.2) is 4.79 Å². The van der Waals surface area contributed by atoms with Gasteiger partial charge in [0.05, 0.1) is 12.2 Å². The van der Waals surface area contributed by atoms with E-state index in [4.69, 9.17) is 4.74 Å². The van der Waals surface area contributed by atoms with Gasteiger partial charge in [-0.3, -0.25) is 0 Å². The fourth-order valence-corrected chi connectivity index (χ4v) is 1.70. The molecule has 88 valence electrons. The predicted octanol–water partition coefficient (Wildman–Crippen LogP) is 3.51. The van der Waals surface area contributed by atoms with Gasteiger partial charge in [-0.05, 0) is 38.3 Å². The highest BCUT2D eigenvalue weighted by Gasteiger charge is 2.11. The average Bonchev–Trinajstić information content (AvgIpc) is 2.26. The van der Waals surface area contributed by atoms with Crippen LogP contribution in [-0.2, 0) is 11.2 Å². The van der Waals surface area contributed by atoms with Crippen LogP contribution in [0.25, 0.3) is 0 Å². The Labute approximate surface area is 97.6 Å². The zero-order valence-electron chi connectivity index (χ0n) is 10.4. The Bertz CT molecular complexity index is 356. The molecule has 0 aliphatic rings. The molecule has 0 amide bonds. The lowest BCUT2D eigenvalue weighted by Crippen LogP contribution is -2.08. The summed E-state index contributed by atoms with van der Waals surface area (Å²) in [5.41, 5.74) is 3.03. The molecule has 0 saturated heterocycles. The van der Waals surface area contributed by atoms with E-state index in [0.29, 0.717) is 6.61 Å². The van der Waals surface area contributed by atoms with E-state index in [1.54, 1.807) is 0 Å². The summed E-state index contributed by atoms with van der Waals surface area (Å²) in [5, 5.41) is 0. The zero-order chi connectivity index (χ0) is 12.0. The van der Waals surface area contributed by atoms with Crippen LogP contribution in [0.1, 0.15) is 48.2 Å². The highest BCUT2D eigenvalue weighted by atomic mass is 16.5. The minimum Gasteiger partial charge on any atom is -0.462 e. The van der Waals surface area contributed by atoms with Crippen LogP contribution >= 0.6 is 0 Å². The normalized spacial score (nSPS) is 10.2. The third-order valence-corrected chi connectivity index (χ3v) is 2.56. The molecule has 1 rings (SSSR count). The Morgan fingerprint density at radius 2 is 2.06 bits per heavy atom. The van der Waals surface area contributed by atoms with Crippen molar-refractivity contribution in [1.82, 2.24) is 0 Å². The minimum absolute atomic E-state index is 0.200. The van der Waals surface area contributed by atoms with Crippen molar-refractivity contribution in [2.75, 3.05) is 6.61 Å². The predicted molar refractivity (Wildman–Crippen MR) is 65.7 cm³/mol. The van der Waals surface area contributed by atoms with E-state index in [0.717, 1.165) is 30.4 Å². The smallest absolute Gasteiger partial charge is 0.338 e. The van der Waals surface area contributed by atoms with Crippen molar-refractivity contribution < 1.29 is 9.53 Å². The Hall–Kier alpha value is -1.31. The maximum Gasteiger partial charge on any atom is 0.338 e. The quantitative estimate of drug-likeness (QED) is 0.710. The number of esters is 1. The summed E-state index contributed by atoms with van der Waals surface area (Å²) in [6, 6.07) is 5.92. The first-order valence-corrected chi connectivity index (χ1v) is 5.95. The fraction of sp³-hybridized carbons (Fsp3) is 0.500. The SMILES string of the molecule is CCCCc1cc(C)ccc1C(=O)OCC. The van der Waals surface area contributed by atoms with E-state index in [9.17, 15) is 4.79 Å². The van der Waals surface area contributed by atoms with Gasteiger partial charge in [0.15, 0.2) is 0 Å². The second-order valence-electron chi connectivity index (χ2n) is 3.98. The summed E-state index contributed by atoms with van der Waals surface area (Å²) in [4.78, 5) is 11.7. The molecule has 0 spiro atoms. The van der Waals surface area contributed by atoms with Crippen molar-refractivity contribution in [3.05, 3.63) is 34.9 Å². The molecule has 0 aromatic heterocycles. The van der Waals surface area contributed by atoms with Crippen LogP contribution in [0.3, 0.4) is 0 Å². The van der Waals surface area contributed by atoms with Gasteiger partial charge >= 0.3 is 5.97 Å². The number of carbonyl (C=O) groups is 1. The number of unbranched alkanes of at least 4 members (excludes halogenated alkanes) is 1. The number of aryl methyl sites for hydroxylation is 2. The minimum atomic E-state index is -0.200. The summed E-state index contributed by atoms with van der Waals surface area (Å²) in [7, 11) is 0. The standard InChI is InChI=1S/C14H20O2/c1-4-6-7-12-10-11(3)8-9-13(12)14(15)16-5-2/h8-10H,4-7H2,1-3H3. The van der Waals surface area contributed by atoms with Crippen LogP contribution in [0, 0.1) is 6.92 Å². The van der Waals surface area contributed by atoms with Gasteiger partial charge in [-0.15, -0.1) is 0 Å².